The van der Waals surface area contributed by atoms with Gasteiger partial charge in [0.05, 0.1) is 25.7 Å². The first-order valence-corrected chi connectivity index (χ1v) is 14.4. The Bertz CT molecular complexity index is 1420. The molecule has 0 aliphatic carbocycles. The summed E-state index contributed by atoms with van der Waals surface area (Å²) in [4.78, 5) is 27.9. The number of rotatable bonds is 10. The minimum atomic E-state index is -4.24. The number of halogens is 4. The zero-order valence-electron chi connectivity index (χ0n) is 20.5. The van der Waals surface area contributed by atoms with Gasteiger partial charge in [-0.2, -0.15) is 0 Å². The number of hydrogen-bond donors (Lipinski definition) is 1. The smallest absolute Gasteiger partial charge is 0.264 e. The van der Waals surface area contributed by atoms with Crippen molar-refractivity contribution in [2.24, 2.45) is 0 Å². The van der Waals surface area contributed by atoms with Crippen LogP contribution in [0, 0.1) is 0 Å². The van der Waals surface area contributed by atoms with E-state index in [1.807, 2.05) is 0 Å². The highest BCUT2D eigenvalue weighted by Gasteiger charge is 2.34. The maximum absolute atomic E-state index is 13.9. The van der Waals surface area contributed by atoms with E-state index in [-0.39, 0.29) is 33.6 Å². The molecule has 0 bridgehead atoms. The molecule has 0 aromatic heterocycles. The molecular weight excluding hydrogens is 592 g/mol. The fourth-order valence-electron chi connectivity index (χ4n) is 3.84. The summed E-state index contributed by atoms with van der Waals surface area (Å²) in [5.41, 5.74) is 0.674. The van der Waals surface area contributed by atoms with E-state index < -0.39 is 34.4 Å². The predicted octanol–water partition coefficient (Wildman–Crippen LogP) is 6.05. The van der Waals surface area contributed by atoms with E-state index in [0.717, 1.165) is 4.31 Å². The average Bonchev–Trinajstić information content (AvgIpc) is 2.89. The van der Waals surface area contributed by atoms with Crippen LogP contribution >= 0.6 is 46.4 Å². The van der Waals surface area contributed by atoms with Gasteiger partial charge < -0.3 is 10.2 Å². The average molecular weight is 617 g/mol. The molecule has 3 aromatic rings. The van der Waals surface area contributed by atoms with Gasteiger partial charge in [0, 0.05) is 18.6 Å². The highest BCUT2D eigenvalue weighted by molar-refractivity contribution is 7.92. The molecule has 1 N–H and O–H groups in total. The molecule has 38 heavy (non-hydrogen) atoms. The summed E-state index contributed by atoms with van der Waals surface area (Å²) in [6.45, 7) is 1.10. The number of nitrogens with zero attached hydrogens (tertiary/aromatic N) is 2. The van der Waals surface area contributed by atoms with Crippen LogP contribution < -0.4 is 9.62 Å². The lowest BCUT2D eigenvalue weighted by Crippen LogP contribution is -2.51. The zero-order valence-corrected chi connectivity index (χ0v) is 24.3. The number of anilines is 1. The lowest BCUT2D eigenvalue weighted by atomic mass is 10.1. The lowest BCUT2D eigenvalue weighted by molar-refractivity contribution is -0.140. The van der Waals surface area contributed by atoms with Crippen LogP contribution in [0.5, 0.6) is 0 Å². The fraction of sp³-hybridized carbons (Fsp3) is 0.231. The molecule has 0 spiro atoms. The van der Waals surface area contributed by atoms with Crippen LogP contribution in [0.2, 0.25) is 20.1 Å². The summed E-state index contributed by atoms with van der Waals surface area (Å²) in [6.07, 6.45) is 0.278. The summed E-state index contributed by atoms with van der Waals surface area (Å²) in [7, 11) is -2.78. The molecule has 0 heterocycles. The molecule has 3 rings (SSSR count). The number of sulfonamides is 1. The Labute approximate surface area is 242 Å². The fourth-order valence-corrected chi connectivity index (χ4v) is 6.17. The molecule has 0 fully saturated rings. The molecule has 0 aliphatic rings. The maximum Gasteiger partial charge on any atom is 0.264 e. The largest absolute Gasteiger partial charge is 0.357 e. The van der Waals surface area contributed by atoms with Crippen LogP contribution in [0.1, 0.15) is 18.9 Å². The number of benzene rings is 3. The Balaban J connectivity index is 2.09. The minimum Gasteiger partial charge on any atom is -0.357 e. The van der Waals surface area contributed by atoms with Crippen molar-refractivity contribution < 1.29 is 18.0 Å². The lowest BCUT2D eigenvalue weighted by Gasteiger charge is -2.33. The Kier molecular flexibility index (Phi) is 10.3. The van der Waals surface area contributed by atoms with E-state index in [4.69, 9.17) is 46.4 Å². The van der Waals surface area contributed by atoms with Gasteiger partial charge in [-0.25, -0.2) is 8.42 Å². The van der Waals surface area contributed by atoms with Crippen molar-refractivity contribution in [3.05, 3.63) is 92.4 Å². The minimum absolute atomic E-state index is 0.0186. The van der Waals surface area contributed by atoms with Crippen molar-refractivity contribution in [3.63, 3.8) is 0 Å². The van der Waals surface area contributed by atoms with Gasteiger partial charge in [-0.3, -0.25) is 13.9 Å². The van der Waals surface area contributed by atoms with Crippen molar-refractivity contribution in [1.29, 1.82) is 0 Å². The summed E-state index contributed by atoms with van der Waals surface area (Å²) in [5.74, 6) is -1.03. The molecule has 2 amide bonds. The Morgan fingerprint density at radius 1 is 0.895 bits per heavy atom. The van der Waals surface area contributed by atoms with Crippen molar-refractivity contribution >= 4 is 73.9 Å². The maximum atomic E-state index is 13.9. The molecule has 0 saturated carbocycles. The normalized spacial score (nSPS) is 12.1. The predicted molar refractivity (Wildman–Crippen MR) is 153 cm³/mol. The van der Waals surface area contributed by atoms with E-state index in [0.29, 0.717) is 15.6 Å². The van der Waals surface area contributed by atoms with Gasteiger partial charge in [0.2, 0.25) is 11.8 Å². The van der Waals surface area contributed by atoms with E-state index in [1.54, 1.807) is 43.3 Å². The van der Waals surface area contributed by atoms with E-state index in [9.17, 15) is 18.0 Å². The standard InChI is InChI=1S/C26H25Cl4N3O4S/c1-3-23(26(35)31-2)32(15-17-9-11-20(28)21(29)13-17)25(34)16-33(24-12-10-18(27)14-22(24)30)38(36,37)19-7-5-4-6-8-19/h4-14,23H,3,15-16H2,1-2H3,(H,31,35). The molecule has 12 heteroatoms. The molecular formula is C26H25Cl4N3O4S. The third kappa shape index (κ3) is 6.93. The van der Waals surface area contributed by atoms with Crippen LogP contribution in [0.25, 0.3) is 0 Å². The van der Waals surface area contributed by atoms with Gasteiger partial charge in [-0.05, 0) is 54.4 Å². The third-order valence-corrected chi connectivity index (χ3v) is 8.81. The SMILES string of the molecule is CCC(C(=O)NC)N(Cc1ccc(Cl)c(Cl)c1)C(=O)CN(c1ccc(Cl)cc1Cl)S(=O)(=O)c1ccccc1. The Morgan fingerprint density at radius 3 is 2.16 bits per heavy atom. The molecule has 202 valence electrons. The highest BCUT2D eigenvalue weighted by Crippen LogP contribution is 2.33. The van der Waals surface area contributed by atoms with Gasteiger partial charge in [0.15, 0.2) is 0 Å². The Hall–Kier alpha value is -2.49. The summed E-state index contributed by atoms with van der Waals surface area (Å²) in [5, 5.41) is 3.53. The van der Waals surface area contributed by atoms with Crippen molar-refractivity contribution in [2.45, 2.75) is 30.8 Å². The first-order chi connectivity index (χ1) is 18.0. The molecule has 0 aliphatic heterocycles. The van der Waals surface area contributed by atoms with Gasteiger partial charge >= 0.3 is 0 Å². The molecule has 3 aromatic carbocycles. The van der Waals surface area contributed by atoms with Crippen molar-refractivity contribution in [2.75, 3.05) is 17.9 Å². The topological polar surface area (TPSA) is 86.8 Å². The van der Waals surface area contributed by atoms with Gasteiger partial charge in [-0.1, -0.05) is 77.6 Å². The van der Waals surface area contributed by atoms with Crippen molar-refractivity contribution in [3.8, 4) is 0 Å². The van der Waals surface area contributed by atoms with Crippen LogP contribution in [0.4, 0.5) is 5.69 Å². The van der Waals surface area contributed by atoms with Crippen LogP contribution in [-0.2, 0) is 26.2 Å². The van der Waals surface area contributed by atoms with Gasteiger partial charge in [0.25, 0.3) is 10.0 Å². The number of carbonyl (C=O) groups is 2. The number of likely N-dealkylation sites (N-methyl/N-ethyl adjacent to an activating group) is 1. The van der Waals surface area contributed by atoms with Crippen molar-refractivity contribution in [1.82, 2.24) is 10.2 Å². The summed E-state index contributed by atoms with van der Waals surface area (Å²) >= 11 is 24.7. The highest BCUT2D eigenvalue weighted by atomic mass is 35.5. The van der Waals surface area contributed by atoms with Crippen LogP contribution in [0.15, 0.2) is 71.6 Å². The second-order valence-electron chi connectivity index (χ2n) is 8.23. The molecule has 1 atom stereocenters. The summed E-state index contributed by atoms with van der Waals surface area (Å²) < 4.78 is 28.4. The van der Waals surface area contributed by atoms with E-state index in [1.165, 1.54) is 42.3 Å². The first kappa shape index (κ1) is 30.1. The van der Waals surface area contributed by atoms with Gasteiger partial charge in [0.1, 0.15) is 12.6 Å². The number of hydrogen-bond acceptors (Lipinski definition) is 4. The van der Waals surface area contributed by atoms with E-state index in [2.05, 4.69) is 5.32 Å². The molecule has 0 saturated heterocycles. The second kappa shape index (κ2) is 13.0. The first-order valence-electron chi connectivity index (χ1n) is 11.5. The zero-order chi connectivity index (χ0) is 28.0. The van der Waals surface area contributed by atoms with Gasteiger partial charge in [-0.15, -0.1) is 0 Å². The quantitative estimate of drug-likeness (QED) is 0.300. The molecule has 7 nitrogen and oxygen atoms in total. The monoisotopic (exact) mass is 615 g/mol. The van der Waals surface area contributed by atoms with Crippen LogP contribution in [0.3, 0.4) is 0 Å². The number of amides is 2. The molecule has 0 radical (unpaired) electrons. The Morgan fingerprint density at radius 2 is 1.58 bits per heavy atom. The third-order valence-electron chi connectivity index (χ3n) is 5.76. The van der Waals surface area contributed by atoms with E-state index >= 15 is 0 Å². The van der Waals surface area contributed by atoms with Crippen LogP contribution in [-0.4, -0.2) is 44.8 Å². The number of carbonyl (C=O) groups excluding carboxylic acids is 2. The second-order valence-corrected chi connectivity index (χ2v) is 11.7. The molecule has 1 unspecified atom stereocenters. The summed E-state index contributed by atoms with van der Waals surface area (Å²) in [6, 6.07) is 15.9. The number of nitrogens with one attached hydrogen (secondary N) is 1.